The number of aliphatic hydroxyl groups is 12. The summed E-state index contributed by atoms with van der Waals surface area (Å²) in [7, 11) is 0. The second kappa shape index (κ2) is 18.2. The molecule has 5 aliphatic carbocycles. The molecule has 12 N–H and O–H groups in total. The highest BCUT2D eigenvalue weighted by Gasteiger charge is 2.71. The van der Waals surface area contributed by atoms with Crippen LogP contribution in [-0.4, -0.2) is 185 Å². The van der Waals surface area contributed by atoms with Crippen LogP contribution < -0.4 is 0 Å². The van der Waals surface area contributed by atoms with Gasteiger partial charge in [0.1, 0.15) is 54.9 Å². The Kier molecular flexibility index (Phi) is 14.1. The molecule has 0 aromatic heterocycles. The first-order chi connectivity index (χ1) is 31.3. The fourth-order valence-electron chi connectivity index (χ4n) is 15.2. The number of esters is 1. The SMILES string of the molecule is CC1OC(OC2C(CO)OC(OCC3OC(O)(OC(=O)[C@]45CC[C@@H](C)[C@H](C)[C@H]4C4=CC[C@@H]6[C@@]7(C)C[C@@H](O)[C@H](O)[C@@](C)(CO)[C@@H]7CC[C@@]6(C)[C@]4(C)CC5)CC(O)C3O)C(O)C2O)C(O)C(O)C1O. The lowest BCUT2D eigenvalue weighted by Crippen LogP contribution is -2.68. The molecule has 0 bridgehead atoms. The van der Waals surface area contributed by atoms with Crippen LogP contribution in [0.25, 0.3) is 0 Å². The molecular weight excluding hydrogens is 881 g/mol. The third-order valence-electron chi connectivity index (χ3n) is 19.7. The summed E-state index contributed by atoms with van der Waals surface area (Å²) in [5.41, 5.74) is -1.76. The van der Waals surface area contributed by atoms with E-state index in [-0.39, 0.29) is 52.4 Å². The molecule has 3 heterocycles. The van der Waals surface area contributed by atoms with Crippen LogP contribution in [0.3, 0.4) is 0 Å². The predicted octanol–water partition coefficient (Wildman–Crippen LogP) is -0.684. The topological polar surface area (TPSA) is 315 Å². The molecule has 14 unspecified atom stereocenters. The molecule has 384 valence electrons. The van der Waals surface area contributed by atoms with Crippen LogP contribution in [0.4, 0.5) is 0 Å². The Morgan fingerprint density at radius 3 is 2.10 bits per heavy atom. The summed E-state index contributed by atoms with van der Waals surface area (Å²) < 4.78 is 34.4. The molecule has 0 radical (unpaired) electrons. The maximum absolute atomic E-state index is 15.0. The van der Waals surface area contributed by atoms with Crippen LogP contribution in [-0.2, 0) is 33.2 Å². The van der Waals surface area contributed by atoms with Crippen molar-refractivity contribution in [3.63, 3.8) is 0 Å². The van der Waals surface area contributed by atoms with Gasteiger partial charge in [0, 0.05) is 5.41 Å². The highest BCUT2D eigenvalue weighted by molar-refractivity contribution is 5.79. The molecule has 0 spiro atoms. The summed E-state index contributed by atoms with van der Waals surface area (Å²) in [6.45, 7) is 12.9. The van der Waals surface area contributed by atoms with Gasteiger partial charge in [-0.25, -0.2) is 0 Å². The van der Waals surface area contributed by atoms with Crippen molar-refractivity contribution >= 4 is 5.97 Å². The Morgan fingerprint density at radius 1 is 0.746 bits per heavy atom. The Hall–Kier alpha value is -1.47. The van der Waals surface area contributed by atoms with Crippen molar-refractivity contribution in [3.8, 4) is 0 Å². The Bertz CT molecular complexity index is 1840. The van der Waals surface area contributed by atoms with Gasteiger partial charge in [-0.3, -0.25) is 4.79 Å². The first-order valence-corrected chi connectivity index (χ1v) is 24.5. The standard InChI is InChI=1S/C48H78O19/c1-21-10-13-47(15-14-45(6)24(31(47)22(21)2)8-9-30-43(4)16-26(52)39(59)44(5,20-50)29(43)11-12-46(30,45)7)42(60)67-48(61)17-25(51)33(54)28(66-48)19-62-40-37(58)35(56)38(27(18-49)64-40)65-41-36(57)34(55)32(53)23(3)63-41/h8,21-23,25-41,49-59,61H,9-20H2,1-7H3/t21-,22+,23?,25?,26-,27?,28?,29-,30-,31+,32?,33?,34?,35?,36?,37?,38?,39+,40?,41?,43+,44+,45-,46-,47+,48?/m1/s1. The van der Waals surface area contributed by atoms with Gasteiger partial charge in [-0.1, -0.05) is 53.2 Å². The summed E-state index contributed by atoms with van der Waals surface area (Å²) in [4.78, 5) is 15.0. The molecule has 3 saturated heterocycles. The van der Waals surface area contributed by atoms with Gasteiger partial charge in [0.2, 0.25) is 0 Å². The number of rotatable bonds is 9. The number of carbonyl (C=O) groups is 1. The van der Waals surface area contributed by atoms with Crippen molar-refractivity contribution in [3.05, 3.63) is 11.6 Å². The Balaban J connectivity index is 0.988. The first-order valence-electron chi connectivity index (χ1n) is 24.5. The normalized spacial score (nSPS) is 56.7. The van der Waals surface area contributed by atoms with Gasteiger partial charge in [0.25, 0.3) is 0 Å². The van der Waals surface area contributed by atoms with Crippen molar-refractivity contribution in [2.75, 3.05) is 19.8 Å². The van der Waals surface area contributed by atoms with E-state index in [0.717, 1.165) is 19.3 Å². The molecule has 19 nitrogen and oxygen atoms in total. The molecule has 0 amide bonds. The summed E-state index contributed by atoms with van der Waals surface area (Å²) in [6, 6.07) is 0. The maximum atomic E-state index is 15.0. The van der Waals surface area contributed by atoms with Crippen molar-refractivity contribution < 1.29 is 94.5 Å². The lowest BCUT2D eigenvalue weighted by atomic mass is 9.33. The third-order valence-corrected chi connectivity index (χ3v) is 19.7. The number of hydrogen-bond acceptors (Lipinski definition) is 19. The van der Waals surface area contributed by atoms with Crippen LogP contribution in [0.5, 0.6) is 0 Å². The van der Waals surface area contributed by atoms with Crippen LogP contribution in [0.15, 0.2) is 11.6 Å². The number of hydrogen-bond donors (Lipinski definition) is 12. The molecule has 3 aliphatic heterocycles. The molecule has 8 rings (SSSR count). The van der Waals surface area contributed by atoms with Crippen molar-refractivity contribution in [1.29, 1.82) is 0 Å². The molecule has 8 aliphatic rings. The van der Waals surface area contributed by atoms with Crippen molar-refractivity contribution in [2.45, 2.75) is 204 Å². The van der Waals surface area contributed by atoms with E-state index in [2.05, 4.69) is 40.7 Å². The average Bonchev–Trinajstić information content (AvgIpc) is 3.27. The van der Waals surface area contributed by atoms with E-state index in [0.29, 0.717) is 32.1 Å². The molecule has 4 saturated carbocycles. The molecule has 0 aromatic rings. The number of allylic oxidation sites excluding steroid dienone is 2. The predicted molar refractivity (Wildman–Crippen MR) is 231 cm³/mol. The zero-order chi connectivity index (χ0) is 49.1. The fourth-order valence-corrected chi connectivity index (χ4v) is 15.2. The van der Waals surface area contributed by atoms with E-state index in [9.17, 15) is 61.3 Å². The minimum atomic E-state index is -2.72. The second-order valence-electron chi connectivity index (χ2n) is 23.0. The van der Waals surface area contributed by atoms with E-state index in [4.69, 9.17) is 28.4 Å². The molecule has 67 heavy (non-hydrogen) atoms. The molecule has 19 heteroatoms. The van der Waals surface area contributed by atoms with Crippen molar-refractivity contribution in [2.24, 2.45) is 56.7 Å². The third kappa shape index (κ3) is 8.01. The molecular formula is C48H78O19. The largest absolute Gasteiger partial charge is 0.407 e. The highest BCUT2D eigenvalue weighted by atomic mass is 16.8. The second-order valence-corrected chi connectivity index (χ2v) is 23.0. The summed E-state index contributed by atoms with van der Waals surface area (Å²) in [6.07, 6.45) is -16.1. The Morgan fingerprint density at radius 2 is 1.43 bits per heavy atom. The van der Waals surface area contributed by atoms with Crippen LogP contribution >= 0.6 is 0 Å². The highest BCUT2D eigenvalue weighted by Crippen LogP contribution is 2.76. The lowest BCUT2D eigenvalue weighted by Gasteiger charge is -2.71. The van der Waals surface area contributed by atoms with Gasteiger partial charge in [-0.15, -0.1) is 0 Å². The van der Waals surface area contributed by atoms with Gasteiger partial charge in [0.15, 0.2) is 12.6 Å². The molecule has 26 atom stereocenters. The number of ether oxygens (including phenoxy) is 6. The minimum Gasteiger partial charge on any atom is -0.407 e. The van der Waals surface area contributed by atoms with Crippen LogP contribution in [0.1, 0.15) is 106 Å². The zero-order valence-electron chi connectivity index (χ0n) is 39.8. The quantitative estimate of drug-likeness (QED) is 0.0774. The number of aliphatic hydroxyl groups excluding tert-OH is 11. The summed E-state index contributed by atoms with van der Waals surface area (Å²) >= 11 is 0. The minimum absolute atomic E-state index is 0.0165. The fraction of sp³-hybridized carbons (Fsp3) is 0.938. The van der Waals surface area contributed by atoms with E-state index in [1.165, 1.54) is 12.5 Å². The van der Waals surface area contributed by atoms with E-state index >= 15 is 4.79 Å². The number of carbonyl (C=O) groups excluding carboxylic acids is 1. The van der Waals surface area contributed by atoms with Gasteiger partial charge in [-0.2, -0.15) is 0 Å². The van der Waals surface area contributed by atoms with E-state index in [1.54, 1.807) is 0 Å². The van der Waals surface area contributed by atoms with Crippen molar-refractivity contribution in [1.82, 2.24) is 0 Å². The first kappa shape index (κ1) is 51.9. The van der Waals surface area contributed by atoms with E-state index in [1.807, 2.05) is 6.92 Å². The number of fused-ring (bicyclic) bond motifs is 7. The molecule has 0 aromatic carbocycles. The van der Waals surface area contributed by atoms with Gasteiger partial charge in [-0.05, 0) is 104 Å². The average molecular weight is 959 g/mol. The molecule has 7 fully saturated rings. The van der Waals surface area contributed by atoms with Gasteiger partial charge < -0.3 is 89.7 Å². The monoisotopic (exact) mass is 959 g/mol. The smallest absolute Gasteiger partial charge is 0.329 e. The van der Waals surface area contributed by atoms with Gasteiger partial charge >= 0.3 is 11.9 Å². The zero-order valence-corrected chi connectivity index (χ0v) is 39.8. The Labute approximate surface area is 392 Å². The van der Waals surface area contributed by atoms with Gasteiger partial charge in [0.05, 0.1) is 56.1 Å². The van der Waals surface area contributed by atoms with E-state index < -0.39 is 134 Å². The lowest BCUT2D eigenvalue weighted by molar-refractivity contribution is -0.408. The summed E-state index contributed by atoms with van der Waals surface area (Å²) in [5, 5.41) is 130. The summed E-state index contributed by atoms with van der Waals surface area (Å²) in [5.74, 6) is -3.30. The van der Waals surface area contributed by atoms with Crippen LogP contribution in [0, 0.1) is 56.7 Å². The van der Waals surface area contributed by atoms with Crippen LogP contribution in [0.2, 0.25) is 0 Å². The maximum Gasteiger partial charge on any atom is 0.329 e.